The molecule has 0 saturated carbocycles. The Hall–Kier alpha value is -0.350. The van der Waals surface area contributed by atoms with Crippen molar-refractivity contribution >= 4 is 40.4 Å². The van der Waals surface area contributed by atoms with Gasteiger partial charge in [-0.25, -0.2) is 0 Å². The highest BCUT2D eigenvalue weighted by Crippen LogP contribution is 2.23. The van der Waals surface area contributed by atoms with Crippen LogP contribution in [0.25, 0.3) is 0 Å². The van der Waals surface area contributed by atoms with Crippen LogP contribution >= 0.6 is 35.4 Å². The molecule has 0 aliphatic rings. The van der Waals surface area contributed by atoms with Crippen molar-refractivity contribution in [1.29, 1.82) is 0 Å². The highest BCUT2D eigenvalue weighted by Gasteiger charge is 2.03. The van der Waals surface area contributed by atoms with Crippen molar-refractivity contribution in [2.45, 2.75) is 13.0 Å². The summed E-state index contributed by atoms with van der Waals surface area (Å²) in [7, 11) is 2.01. The van der Waals surface area contributed by atoms with Crippen LogP contribution in [0.4, 0.5) is 0 Å². The highest BCUT2D eigenvalue weighted by atomic mass is 35.5. The van der Waals surface area contributed by atoms with Gasteiger partial charge in [0.25, 0.3) is 0 Å². The van der Waals surface area contributed by atoms with Crippen molar-refractivity contribution in [1.82, 2.24) is 4.90 Å². The van der Waals surface area contributed by atoms with Crippen LogP contribution in [0, 0.1) is 0 Å². The average molecular weight is 277 g/mol. The summed E-state index contributed by atoms with van der Waals surface area (Å²) < 4.78 is 0. The number of nitrogens with zero attached hydrogens (tertiary/aromatic N) is 1. The largest absolute Gasteiger partial charge is 0.393 e. The Morgan fingerprint density at radius 3 is 2.62 bits per heavy atom. The van der Waals surface area contributed by atoms with Crippen molar-refractivity contribution in [2.24, 2.45) is 5.73 Å². The Morgan fingerprint density at radius 2 is 2.06 bits per heavy atom. The molecule has 1 rings (SSSR count). The van der Waals surface area contributed by atoms with Crippen LogP contribution in [0.5, 0.6) is 0 Å². The van der Waals surface area contributed by atoms with E-state index in [1.54, 1.807) is 6.07 Å². The first-order valence-corrected chi connectivity index (χ1v) is 6.06. The van der Waals surface area contributed by atoms with Gasteiger partial charge in [0.05, 0.1) is 15.0 Å². The zero-order chi connectivity index (χ0) is 12.1. The second-order valence-electron chi connectivity index (χ2n) is 3.70. The van der Waals surface area contributed by atoms with Crippen molar-refractivity contribution in [3.8, 4) is 0 Å². The molecule has 0 bridgehead atoms. The first-order chi connectivity index (χ1) is 7.49. The van der Waals surface area contributed by atoms with Gasteiger partial charge in [0.1, 0.15) is 0 Å². The van der Waals surface area contributed by atoms with E-state index in [2.05, 4.69) is 4.90 Å². The van der Waals surface area contributed by atoms with Crippen LogP contribution < -0.4 is 5.73 Å². The maximum absolute atomic E-state index is 5.93. The zero-order valence-electron chi connectivity index (χ0n) is 9.04. The molecule has 1 aromatic carbocycles. The molecule has 88 valence electrons. The Bertz CT molecular complexity index is 382. The van der Waals surface area contributed by atoms with E-state index in [0.717, 1.165) is 25.1 Å². The van der Waals surface area contributed by atoms with Crippen molar-refractivity contribution in [3.05, 3.63) is 33.8 Å². The van der Waals surface area contributed by atoms with Gasteiger partial charge in [0, 0.05) is 19.5 Å². The fourth-order valence-electron chi connectivity index (χ4n) is 1.33. The molecule has 0 amide bonds. The number of thiocarbonyl (C=S) groups is 1. The first kappa shape index (κ1) is 13.7. The van der Waals surface area contributed by atoms with Gasteiger partial charge >= 0.3 is 0 Å². The standard InChI is InChI=1S/C11H14Cl2N2S/c1-15(5-4-11(14)16)7-8-2-3-9(12)10(13)6-8/h2-3,6H,4-5,7H2,1H3,(H2,14,16). The van der Waals surface area contributed by atoms with E-state index in [1.807, 2.05) is 19.2 Å². The third-order valence-electron chi connectivity index (χ3n) is 2.18. The normalized spacial score (nSPS) is 10.8. The van der Waals surface area contributed by atoms with E-state index in [-0.39, 0.29) is 0 Å². The summed E-state index contributed by atoms with van der Waals surface area (Å²) in [5, 5.41) is 1.16. The van der Waals surface area contributed by atoms with Crippen LogP contribution in [-0.4, -0.2) is 23.5 Å². The summed E-state index contributed by atoms with van der Waals surface area (Å²) in [4.78, 5) is 2.68. The van der Waals surface area contributed by atoms with Gasteiger partial charge in [-0.15, -0.1) is 0 Å². The number of rotatable bonds is 5. The second kappa shape index (κ2) is 6.40. The molecule has 0 aliphatic carbocycles. The van der Waals surface area contributed by atoms with E-state index in [9.17, 15) is 0 Å². The predicted octanol–water partition coefficient (Wildman–Crippen LogP) is 3.10. The SMILES string of the molecule is CN(CCC(N)=S)Cc1ccc(Cl)c(Cl)c1. The zero-order valence-corrected chi connectivity index (χ0v) is 11.4. The monoisotopic (exact) mass is 276 g/mol. The summed E-state index contributed by atoms with van der Waals surface area (Å²) >= 11 is 16.6. The summed E-state index contributed by atoms with van der Waals surface area (Å²) in [5.74, 6) is 0. The van der Waals surface area contributed by atoms with E-state index in [0.29, 0.717) is 15.0 Å². The molecule has 16 heavy (non-hydrogen) atoms. The lowest BCUT2D eigenvalue weighted by Crippen LogP contribution is -2.23. The van der Waals surface area contributed by atoms with Gasteiger partial charge in [-0.3, -0.25) is 0 Å². The number of halogens is 2. The van der Waals surface area contributed by atoms with Gasteiger partial charge in [0.15, 0.2) is 0 Å². The third-order valence-corrected chi connectivity index (χ3v) is 3.12. The lowest BCUT2D eigenvalue weighted by molar-refractivity contribution is 0.337. The molecule has 2 nitrogen and oxygen atoms in total. The predicted molar refractivity (Wildman–Crippen MR) is 74.2 cm³/mol. The van der Waals surface area contributed by atoms with Crippen LogP contribution in [0.15, 0.2) is 18.2 Å². The van der Waals surface area contributed by atoms with Crippen LogP contribution in [0.1, 0.15) is 12.0 Å². The minimum atomic E-state index is 0.543. The lowest BCUT2D eigenvalue weighted by Gasteiger charge is -2.16. The molecule has 0 radical (unpaired) electrons. The van der Waals surface area contributed by atoms with E-state index < -0.39 is 0 Å². The third kappa shape index (κ3) is 4.66. The maximum Gasteiger partial charge on any atom is 0.0740 e. The molecule has 2 N–H and O–H groups in total. The van der Waals surface area contributed by atoms with Crippen molar-refractivity contribution in [3.63, 3.8) is 0 Å². The highest BCUT2D eigenvalue weighted by molar-refractivity contribution is 7.80. The molecular formula is C11H14Cl2N2S. The van der Waals surface area contributed by atoms with Crippen molar-refractivity contribution < 1.29 is 0 Å². The van der Waals surface area contributed by atoms with Crippen molar-refractivity contribution in [2.75, 3.05) is 13.6 Å². The summed E-state index contributed by atoms with van der Waals surface area (Å²) in [6.07, 6.45) is 0.729. The minimum Gasteiger partial charge on any atom is -0.393 e. The Balaban J connectivity index is 2.52. The Labute approximate surface area is 111 Å². The van der Waals surface area contributed by atoms with Gasteiger partial charge < -0.3 is 10.6 Å². The molecule has 0 aliphatic heterocycles. The maximum atomic E-state index is 5.93. The molecule has 0 heterocycles. The summed E-state index contributed by atoms with van der Waals surface area (Å²) in [5.41, 5.74) is 6.57. The first-order valence-electron chi connectivity index (χ1n) is 4.90. The molecule has 1 aromatic rings. The molecule has 0 atom stereocenters. The number of benzene rings is 1. The molecule has 0 unspecified atom stereocenters. The average Bonchev–Trinajstić information content (AvgIpc) is 2.21. The molecule has 0 fully saturated rings. The smallest absolute Gasteiger partial charge is 0.0740 e. The van der Waals surface area contributed by atoms with Gasteiger partial charge in [-0.1, -0.05) is 41.5 Å². The fourth-order valence-corrected chi connectivity index (χ4v) is 1.74. The molecule has 0 spiro atoms. The molecule has 0 saturated heterocycles. The number of hydrogen-bond donors (Lipinski definition) is 1. The summed E-state index contributed by atoms with van der Waals surface area (Å²) in [6, 6.07) is 5.65. The minimum absolute atomic E-state index is 0.543. The quantitative estimate of drug-likeness (QED) is 0.838. The molecule has 5 heteroatoms. The van der Waals surface area contributed by atoms with E-state index in [4.69, 9.17) is 41.2 Å². The molecular weight excluding hydrogens is 263 g/mol. The van der Waals surface area contributed by atoms with Crippen LogP contribution in [0.2, 0.25) is 10.0 Å². The fraction of sp³-hybridized carbons (Fsp3) is 0.364. The van der Waals surface area contributed by atoms with E-state index in [1.165, 1.54) is 0 Å². The van der Waals surface area contributed by atoms with E-state index >= 15 is 0 Å². The number of nitrogens with two attached hydrogens (primary N) is 1. The van der Waals surface area contributed by atoms with Gasteiger partial charge in [-0.05, 0) is 24.7 Å². The number of hydrogen-bond acceptors (Lipinski definition) is 2. The Kier molecular flexibility index (Phi) is 5.49. The summed E-state index contributed by atoms with van der Waals surface area (Å²) in [6.45, 7) is 1.65. The van der Waals surface area contributed by atoms with Gasteiger partial charge in [-0.2, -0.15) is 0 Å². The van der Waals surface area contributed by atoms with Gasteiger partial charge in [0.2, 0.25) is 0 Å². The van der Waals surface area contributed by atoms with Crippen LogP contribution in [0.3, 0.4) is 0 Å². The lowest BCUT2D eigenvalue weighted by atomic mass is 10.2. The Morgan fingerprint density at radius 1 is 1.38 bits per heavy atom. The topological polar surface area (TPSA) is 29.3 Å². The molecule has 0 aromatic heterocycles. The second-order valence-corrected chi connectivity index (χ2v) is 5.04. The van der Waals surface area contributed by atoms with Crippen LogP contribution in [-0.2, 0) is 6.54 Å².